The highest BCUT2D eigenvalue weighted by Gasteiger charge is 2.40. The molecule has 2 fully saturated rings. The van der Waals surface area contributed by atoms with Crippen LogP contribution in [0.1, 0.15) is 76.7 Å². The van der Waals surface area contributed by atoms with Crippen LogP contribution < -0.4 is 4.90 Å². The second-order valence-electron chi connectivity index (χ2n) is 11.2. The van der Waals surface area contributed by atoms with E-state index >= 15 is 0 Å². The number of hydrogen-bond donors (Lipinski definition) is 1. The maximum absolute atomic E-state index is 12.5. The Morgan fingerprint density at radius 2 is 1.74 bits per heavy atom. The Kier molecular flexibility index (Phi) is 6.08. The summed E-state index contributed by atoms with van der Waals surface area (Å²) >= 11 is 0. The first-order valence-corrected chi connectivity index (χ1v) is 12.8. The summed E-state index contributed by atoms with van der Waals surface area (Å²) in [6.45, 7) is 9.31. The van der Waals surface area contributed by atoms with Crippen LogP contribution in [0.2, 0.25) is 0 Å². The van der Waals surface area contributed by atoms with Gasteiger partial charge in [0.05, 0.1) is 16.9 Å². The molecule has 1 saturated carbocycles. The number of carbonyl (C=O) groups is 1. The van der Waals surface area contributed by atoms with Gasteiger partial charge in [-0.15, -0.1) is 0 Å². The SMILES string of the molecule is Cc1nc2cc(-c3ccccc3)nn2c(N2CCC3(CCCC3)CC2)c1[C@H](OC(C)(C)C)C(=O)O. The minimum Gasteiger partial charge on any atom is -0.479 e. The minimum absolute atomic E-state index is 0.450. The number of fused-ring (bicyclic) bond motifs is 1. The van der Waals surface area contributed by atoms with Crippen LogP contribution >= 0.6 is 0 Å². The molecule has 0 amide bonds. The number of ether oxygens (including phenoxy) is 1. The number of aliphatic carboxylic acids is 1. The Balaban J connectivity index is 1.66. The fourth-order valence-corrected chi connectivity index (χ4v) is 5.88. The topological polar surface area (TPSA) is 80.0 Å². The third kappa shape index (κ3) is 4.66. The average molecular weight is 477 g/mol. The lowest BCUT2D eigenvalue weighted by atomic mass is 9.77. The molecule has 3 heterocycles. The Labute approximate surface area is 207 Å². The van der Waals surface area contributed by atoms with Crippen LogP contribution in [0.25, 0.3) is 16.9 Å². The molecule has 0 unspecified atom stereocenters. The van der Waals surface area contributed by atoms with Crippen molar-refractivity contribution in [3.8, 4) is 11.3 Å². The molecule has 1 atom stereocenters. The van der Waals surface area contributed by atoms with Gasteiger partial charge in [0.1, 0.15) is 5.82 Å². The molecule has 5 rings (SSSR count). The van der Waals surface area contributed by atoms with Crippen molar-refractivity contribution in [2.45, 2.75) is 77.9 Å². The molecular formula is C28H36N4O3. The fraction of sp³-hybridized carbons (Fsp3) is 0.536. The van der Waals surface area contributed by atoms with Crippen molar-refractivity contribution in [2.24, 2.45) is 5.41 Å². The van der Waals surface area contributed by atoms with E-state index in [2.05, 4.69) is 4.90 Å². The second-order valence-corrected chi connectivity index (χ2v) is 11.2. The van der Waals surface area contributed by atoms with Crippen LogP contribution in [-0.2, 0) is 9.53 Å². The highest BCUT2D eigenvalue weighted by atomic mass is 16.5. The van der Waals surface area contributed by atoms with E-state index in [0.717, 1.165) is 48.7 Å². The predicted molar refractivity (Wildman–Crippen MR) is 137 cm³/mol. The van der Waals surface area contributed by atoms with Crippen LogP contribution in [-0.4, -0.2) is 44.4 Å². The molecule has 2 aromatic heterocycles. The zero-order chi connectivity index (χ0) is 24.8. The molecule has 0 radical (unpaired) electrons. The molecule has 1 N–H and O–H groups in total. The molecule has 35 heavy (non-hydrogen) atoms. The molecule has 0 bridgehead atoms. The highest BCUT2D eigenvalue weighted by Crippen LogP contribution is 2.47. The largest absolute Gasteiger partial charge is 0.479 e. The molecule has 1 aliphatic carbocycles. The van der Waals surface area contributed by atoms with Crippen LogP contribution in [0.3, 0.4) is 0 Å². The lowest BCUT2D eigenvalue weighted by Crippen LogP contribution is -2.41. The van der Waals surface area contributed by atoms with Gasteiger partial charge < -0.3 is 14.7 Å². The summed E-state index contributed by atoms with van der Waals surface area (Å²) in [5.74, 6) is -0.204. The second kappa shape index (κ2) is 8.94. The molecule has 1 aromatic carbocycles. The van der Waals surface area contributed by atoms with Crippen molar-refractivity contribution in [2.75, 3.05) is 18.0 Å². The van der Waals surface area contributed by atoms with Gasteiger partial charge in [-0.1, -0.05) is 43.2 Å². The van der Waals surface area contributed by atoms with E-state index < -0.39 is 17.7 Å². The van der Waals surface area contributed by atoms with Crippen molar-refractivity contribution in [1.82, 2.24) is 14.6 Å². The zero-order valence-electron chi connectivity index (χ0n) is 21.3. The Morgan fingerprint density at radius 3 is 2.34 bits per heavy atom. The van der Waals surface area contributed by atoms with Gasteiger partial charge in [-0.05, 0) is 58.8 Å². The third-order valence-corrected chi connectivity index (χ3v) is 7.62. The van der Waals surface area contributed by atoms with E-state index in [0.29, 0.717) is 16.7 Å². The van der Waals surface area contributed by atoms with Crippen LogP contribution in [0.4, 0.5) is 5.82 Å². The molecule has 186 valence electrons. The van der Waals surface area contributed by atoms with Crippen molar-refractivity contribution >= 4 is 17.4 Å². The number of benzene rings is 1. The zero-order valence-corrected chi connectivity index (χ0v) is 21.3. The molecule has 1 spiro atoms. The lowest BCUT2D eigenvalue weighted by molar-refractivity contribution is -0.160. The number of aryl methyl sites for hydroxylation is 1. The van der Waals surface area contributed by atoms with Gasteiger partial charge in [0.25, 0.3) is 0 Å². The standard InChI is InChI=1S/C28H36N4O3/c1-19-23(24(26(33)34)35-27(2,3)4)25(31-16-14-28(15-17-31)12-8-9-13-28)32-22(29-19)18-21(30-32)20-10-6-5-7-11-20/h5-7,10-11,18,24H,8-9,12-17H2,1-4H3,(H,33,34)/t24-/m0/s1. The number of aromatic nitrogens is 3. The summed E-state index contributed by atoms with van der Waals surface area (Å²) < 4.78 is 7.97. The predicted octanol–water partition coefficient (Wildman–Crippen LogP) is 5.81. The third-order valence-electron chi connectivity index (χ3n) is 7.62. The van der Waals surface area contributed by atoms with Crippen molar-refractivity contribution in [3.63, 3.8) is 0 Å². The monoisotopic (exact) mass is 476 g/mol. The lowest BCUT2D eigenvalue weighted by Gasteiger charge is -2.41. The number of anilines is 1. The summed E-state index contributed by atoms with van der Waals surface area (Å²) in [6, 6.07) is 12.0. The number of hydrogen-bond acceptors (Lipinski definition) is 5. The molecule has 7 heteroatoms. The highest BCUT2D eigenvalue weighted by molar-refractivity contribution is 5.79. The molecule has 2 aliphatic rings. The first-order chi connectivity index (χ1) is 16.7. The smallest absolute Gasteiger partial charge is 0.337 e. The normalized spacial score (nSPS) is 18.9. The summed E-state index contributed by atoms with van der Waals surface area (Å²) in [5, 5.41) is 15.2. The average Bonchev–Trinajstić information content (AvgIpc) is 3.44. The number of carboxylic acids is 1. The van der Waals surface area contributed by atoms with Gasteiger partial charge in [0.15, 0.2) is 11.8 Å². The van der Waals surface area contributed by atoms with Crippen molar-refractivity contribution < 1.29 is 14.6 Å². The minimum atomic E-state index is -1.13. The first-order valence-electron chi connectivity index (χ1n) is 12.8. The van der Waals surface area contributed by atoms with Crippen LogP contribution in [0.5, 0.6) is 0 Å². The number of piperidine rings is 1. The van der Waals surface area contributed by atoms with E-state index in [4.69, 9.17) is 14.8 Å². The Hall–Kier alpha value is -2.93. The van der Waals surface area contributed by atoms with Gasteiger partial charge in [0, 0.05) is 30.4 Å². The summed E-state index contributed by atoms with van der Waals surface area (Å²) in [6.07, 6.45) is 6.38. The molecule has 3 aromatic rings. The maximum Gasteiger partial charge on any atom is 0.337 e. The van der Waals surface area contributed by atoms with Crippen molar-refractivity contribution in [3.05, 3.63) is 47.7 Å². The molecule has 1 saturated heterocycles. The Bertz CT molecular complexity index is 1210. The molecule has 7 nitrogen and oxygen atoms in total. The van der Waals surface area contributed by atoms with Gasteiger partial charge in [-0.25, -0.2) is 9.78 Å². The van der Waals surface area contributed by atoms with Gasteiger partial charge in [-0.3, -0.25) is 0 Å². The maximum atomic E-state index is 12.5. The van der Waals surface area contributed by atoms with E-state index in [9.17, 15) is 9.90 Å². The van der Waals surface area contributed by atoms with Crippen LogP contribution in [0, 0.1) is 12.3 Å². The quantitative estimate of drug-likeness (QED) is 0.501. The summed E-state index contributed by atoms with van der Waals surface area (Å²) in [4.78, 5) is 19.7. The molecule has 1 aliphatic heterocycles. The van der Waals surface area contributed by atoms with Gasteiger partial charge in [-0.2, -0.15) is 9.61 Å². The molecular weight excluding hydrogens is 440 g/mol. The number of nitrogens with zero attached hydrogens (tertiary/aromatic N) is 4. The Morgan fingerprint density at radius 1 is 1.09 bits per heavy atom. The van der Waals surface area contributed by atoms with Gasteiger partial charge in [0.2, 0.25) is 0 Å². The number of carboxylic acid groups (broad SMARTS) is 1. The summed E-state index contributed by atoms with van der Waals surface area (Å²) in [7, 11) is 0. The van der Waals surface area contributed by atoms with Gasteiger partial charge >= 0.3 is 5.97 Å². The van der Waals surface area contributed by atoms with E-state index in [1.165, 1.54) is 25.7 Å². The first kappa shape index (κ1) is 23.8. The van der Waals surface area contributed by atoms with Crippen molar-refractivity contribution in [1.29, 1.82) is 0 Å². The van der Waals surface area contributed by atoms with Crippen LogP contribution in [0.15, 0.2) is 36.4 Å². The van der Waals surface area contributed by atoms with E-state index in [1.807, 2.05) is 68.6 Å². The van der Waals surface area contributed by atoms with E-state index in [-0.39, 0.29) is 0 Å². The summed E-state index contributed by atoms with van der Waals surface area (Å²) in [5.41, 5.74) is 3.65. The van der Waals surface area contributed by atoms with E-state index in [1.54, 1.807) is 0 Å². The fourth-order valence-electron chi connectivity index (χ4n) is 5.88. The number of rotatable bonds is 5.